The third kappa shape index (κ3) is 4.56. The summed E-state index contributed by atoms with van der Waals surface area (Å²) in [6.45, 7) is 2.20. The van der Waals surface area contributed by atoms with Gasteiger partial charge in [-0.05, 0) is 36.8 Å². The molecule has 9 heteroatoms. The van der Waals surface area contributed by atoms with Gasteiger partial charge in [-0.3, -0.25) is 4.79 Å². The SMILES string of the molecule is Cc1c(C(=O)N2CCOC(COc3cccnc3Cl)C2)cccc1C(F)(F)F. The number of amides is 1. The quantitative estimate of drug-likeness (QED) is 0.710. The summed E-state index contributed by atoms with van der Waals surface area (Å²) < 4.78 is 50.5. The number of nitrogens with zero attached hydrogens (tertiary/aromatic N) is 2. The first-order valence-corrected chi connectivity index (χ1v) is 8.96. The smallest absolute Gasteiger partial charge is 0.416 e. The first-order chi connectivity index (χ1) is 13.3. The summed E-state index contributed by atoms with van der Waals surface area (Å²) in [7, 11) is 0. The van der Waals surface area contributed by atoms with Crippen molar-refractivity contribution in [3.8, 4) is 5.75 Å². The van der Waals surface area contributed by atoms with Crippen molar-refractivity contribution in [3.63, 3.8) is 0 Å². The minimum atomic E-state index is -4.51. The van der Waals surface area contributed by atoms with E-state index in [0.29, 0.717) is 12.3 Å². The number of halogens is 4. The van der Waals surface area contributed by atoms with Crippen molar-refractivity contribution >= 4 is 17.5 Å². The Balaban J connectivity index is 1.69. The van der Waals surface area contributed by atoms with Crippen molar-refractivity contribution in [2.75, 3.05) is 26.3 Å². The van der Waals surface area contributed by atoms with Crippen LogP contribution in [0.1, 0.15) is 21.5 Å². The molecule has 5 nitrogen and oxygen atoms in total. The molecule has 28 heavy (non-hydrogen) atoms. The largest absolute Gasteiger partial charge is 0.488 e. The Bertz CT molecular complexity index is 861. The maximum atomic E-state index is 13.1. The molecule has 2 heterocycles. The van der Waals surface area contributed by atoms with Crippen molar-refractivity contribution in [2.24, 2.45) is 0 Å². The van der Waals surface area contributed by atoms with Crippen LogP contribution in [-0.4, -0.2) is 48.2 Å². The molecule has 1 aromatic heterocycles. The fourth-order valence-electron chi connectivity index (χ4n) is 3.01. The Morgan fingerprint density at radius 1 is 1.36 bits per heavy atom. The second-order valence-electron chi connectivity index (χ2n) is 6.32. The summed E-state index contributed by atoms with van der Waals surface area (Å²) in [6, 6.07) is 6.96. The number of hydrogen-bond acceptors (Lipinski definition) is 4. The van der Waals surface area contributed by atoms with Gasteiger partial charge in [0.2, 0.25) is 0 Å². The number of aromatic nitrogens is 1. The molecule has 0 aliphatic carbocycles. The van der Waals surface area contributed by atoms with Crippen LogP contribution in [0, 0.1) is 6.92 Å². The lowest BCUT2D eigenvalue weighted by atomic mass is 10.0. The molecule has 0 saturated carbocycles. The van der Waals surface area contributed by atoms with Gasteiger partial charge >= 0.3 is 6.18 Å². The summed E-state index contributed by atoms with van der Waals surface area (Å²) in [4.78, 5) is 18.2. The highest BCUT2D eigenvalue weighted by Gasteiger charge is 2.35. The highest BCUT2D eigenvalue weighted by molar-refractivity contribution is 6.30. The van der Waals surface area contributed by atoms with Crippen molar-refractivity contribution in [3.05, 3.63) is 58.4 Å². The van der Waals surface area contributed by atoms with Crippen LogP contribution < -0.4 is 4.74 Å². The minimum absolute atomic E-state index is 0.0340. The molecule has 1 atom stereocenters. The van der Waals surface area contributed by atoms with E-state index in [4.69, 9.17) is 21.1 Å². The third-order valence-electron chi connectivity index (χ3n) is 4.45. The summed E-state index contributed by atoms with van der Waals surface area (Å²) in [5.41, 5.74) is -0.856. The zero-order valence-corrected chi connectivity index (χ0v) is 15.8. The fraction of sp³-hybridized carbons (Fsp3) is 0.368. The molecule has 1 unspecified atom stereocenters. The Labute approximate surface area is 165 Å². The molecule has 0 spiro atoms. The van der Waals surface area contributed by atoms with E-state index in [1.165, 1.54) is 30.2 Å². The monoisotopic (exact) mass is 414 g/mol. The lowest BCUT2D eigenvalue weighted by Gasteiger charge is -2.33. The van der Waals surface area contributed by atoms with Gasteiger partial charge in [-0.15, -0.1) is 0 Å². The van der Waals surface area contributed by atoms with Gasteiger partial charge in [-0.25, -0.2) is 4.98 Å². The van der Waals surface area contributed by atoms with Crippen molar-refractivity contribution in [1.82, 2.24) is 9.88 Å². The van der Waals surface area contributed by atoms with Crippen LogP contribution in [0.5, 0.6) is 5.75 Å². The second-order valence-corrected chi connectivity index (χ2v) is 6.68. The fourth-order valence-corrected chi connectivity index (χ4v) is 3.18. The highest BCUT2D eigenvalue weighted by Crippen LogP contribution is 2.33. The Kier molecular flexibility index (Phi) is 6.10. The first-order valence-electron chi connectivity index (χ1n) is 8.58. The van der Waals surface area contributed by atoms with Crippen molar-refractivity contribution in [1.29, 1.82) is 0 Å². The zero-order chi connectivity index (χ0) is 20.3. The van der Waals surface area contributed by atoms with Crippen molar-refractivity contribution in [2.45, 2.75) is 19.2 Å². The summed E-state index contributed by atoms with van der Waals surface area (Å²) in [5, 5.41) is 0.214. The maximum absolute atomic E-state index is 13.1. The van der Waals surface area contributed by atoms with Gasteiger partial charge in [-0.2, -0.15) is 13.2 Å². The Morgan fingerprint density at radius 2 is 2.14 bits per heavy atom. The molecule has 150 valence electrons. The number of benzene rings is 1. The summed E-state index contributed by atoms with van der Waals surface area (Å²) >= 11 is 5.94. The van der Waals surface area contributed by atoms with Gasteiger partial charge in [0.1, 0.15) is 12.7 Å². The number of ether oxygens (including phenoxy) is 2. The van der Waals surface area contributed by atoms with E-state index in [9.17, 15) is 18.0 Å². The van der Waals surface area contributed by atoms with Crippen LogP contribution in [0.15, 0.2) is 36.5 Å². The minimum Gasteiger partial charge on any atom is -0.488 e. The van der Waals surface area contributed by atoms with Gasteiger partial charge in [0, 0.05) is 18.3 Å². The van der Waals surface area contributed by atoms with Crippen LogP contribution in [-0.2, 0) is 10.9 Å². The number of morpholine rings is 1. The normalized spacial score (nSPS) is 17.5. The van der Waals surface area contributed by atoms with Gasteiger partial charge < -0.3 is 14.4 Å². The molecule has 1 amide bonds. The lowest BCUT2D eigenvalue weighted by Crippen LogP contribution is -2.47. The number of pyridine rings is 1. The topological polar surface area (TPSA) is 51.7 Å². The van der Waals surface area contributed by atoms with E-state index < -0.39 is 23.8 Å². The number of carbonyl (C=O) groups is 1. The van der Waals surface area contributed by atoms with E-state index >= 15 is 0 Å². The average molecular weight is 415 g/mol. The maximum Gasteiger partial charge on any atom is 0.416 e. The van der Waals surface area contributed by atoms with Gasteiger partial charge in [0.25, 0.3) is 5.91 Å². The molecule has 1 fully saturated rings. The highest BCUT2D eigenvalue weighted by atomic mass is 35.5. The van der Waals surface area contributed by atoms with Gasteiger partial charge in [0.05, 0.1) is 18.7 Å². The third-order valence-corrected chi connectivity index (χ3v) is 4.73. The standard InChI is InChI=1S/C19H18ClF3N2O3/c1-12-14(4-2-5-15(12)19(21,22)23)18(26)25-8-9-27-13(10-25)11-28-16-6-3-7-24-17(16)20/h2-7,13H,8-11H2,1H3. The summed E-state index contributed by atoms with van der Waals surface area (Å²) in [6.07, 6.45) is -3.41. The van der Waals surface area contributed by atoms with E-state index in [1.54, 1.807) is 12.1 Å². The van der Waals surface area contributed by atoms with Crippen LogP contribution >= 0.6 is 11.6 Å². The molecule has 3 rings (SSSR count). The van der Waals surface area contributed by atoms with Crippen LogP contribution in [0.3, 0.4) is 0 Å². The number of hydrogen-bond donors (Lipinski definition) is 0. The Hall–Kier alpha value is -2.32. The molecular weight excluding hydrogens is 397 g/mol. The van der Waals surface area contributed by atoms with Crippen molar-refractivity contribution < 1.29 is 27.4 Å². The predicted octanol–water partition coefficient (Wildman–Crippen LogP) is 3.98. The van der Waals surface area contributed by atoms with E-state index in [0.717, 1.165) is 6.07 Å². The molecule has 1 aliphatic rings. The van der Waals surface area contributed by atoms with Gasteiger partial charge in [0.15, 0.2) is 10.9 Å². The number of carbonyl (C=O) groups excluding carboxylic acids is 1. The Morgan fingerprint density at radius 3 is 2.86 bits per heavy atom. The molecule has 0 bridgehead atoms. The van der Waals surface area contributed by atoms with Crippen LogP contribution in [0.2, 0.25) is 5.15 Å². The van der Waals surface area contributed by atoms with Gasteiger partial charge in [-0.1, -0.05) is 17.7 Å². The average Bonchev–Trinajstić information content (AvgIpc) is 2.66. The molecule has 0 N–H and O–H groups in total. The number of rotatable bonds is 4. The molecule has 1 saturated heterocycles. The molecular formula is C19H18ClF3N2O3. The molecule has 1 aromatic carbocycles. The predicted molar refractivity (Wildman–Crippen MR) is 96.6 cm³/mol. The molecule has 2 aromatic rings. The molecule has 0 radical (unpaired) electrons. The van der Waals surface area contributed by atoms with Crippen LogP contribution in [0.4, 0.5) is 13.2 Å². The number of alkyl halides is 3. The van der Waals surface area contributed by atoms with E-state index in [1.807, 2.05) is 0 Å². The lowest BCUT2D eigenvalue weighted by molar-refractivity contribution is -0.138. The van der Waals surface area contributed by atoms with E-state index in [-0.39, 0.29) is 36.0 Å². The summed E-state index contributed by atoms with van der Waals surface area (Å²) in [5.74, 6) is -0.0683. The zero-order valence-electron chi connectivity index (χ0n) is 15.0. The van der Waals surface area contributed by atoms with Crippen LogP contribution in [0.25, 0.3) is 0 Å². The van der Waals surface area contributed by atoms with E-state index in [2.05, 4.69) is 4.98 Å². The molecule has 1 aliphatic heterocycles. The second kappa shape index (κ2) is 8.36. The first kappa shape index (κ1) is 20.4.